The molecular weight excluding hydrogens is 331 g/mol. The summed E-state index contributed by atoms with van der Waals surface area (Å²) in [6.07, 6.45) is -5.29. The van der Waals surface area contributed by atoms with Crippen molar-refractivity contribution in [1.29, 1.82) is 0 Å². The minimum absolute atomic E-state index is 0.0514. The maximum absolute atomic E-state index is 13.3. The average Bonchev–Trinajstić information content (AvgIpc) is 2.63. The third kappa shape index (κ3) is 3.86. The van der Waals surface area contributed by atoms with Crippen LogP contribution in [0.2, 0.25) is 0 Å². The fourth-order valence-electron chi connectivity index (χ4n) is 3.24. The quantitative estimate of drug-likeness (QED) is 0.889. The van der Waals surface area contributed by atoms with Gasteiger partial charge in [0.05, 0.1) is 12.2 Å². The molecule has 6 heteroatoms. The summed E-state index contributed by atoms with van der Waals surface area (Å²) in [5.41, 5.74) is -1.69. The van der Waals surface area contributed by atoms with Crippen LogP contribution in [0.3, 0.4) is 0 Å². The highest BCUT2D eigenvalue weighted by Crippen LogP contribution is 2.37. The number of benzene rings is 2. The summed E-state index contributed by atoms with van der Waals surface area (Å²) in [4.78, 5) is 0. The second-order valence-corrected chi connectivity index (χ2v) is 6.19. The zero-order valence-corrected chi connectivity index (χ0v) is 13.6. The Kier molecular flexibility index (Phi) is 5.13. The van der Waals surface area contributed by atoms with Gasteiger partial charge >= 0.3 is 6.18 Å². The first-order valence-corrected chi connectivity index (χ1v) is 8.16. The van der Waals surface area contributed by atoms with E-state index in [4.69, 9.17) is 4.74 Å². The highest BCUT2D eigenvalue weighted by molar-refractivity contribution is 5.34. The molecule has 3 rings (SSSR count). The lowest BCUT2D eigenvalue weighted by atomic mass is 9.81. The molecule has 134 valence electrons. The highest BCUT2D eigenvalue weighted by Gasteiger charge is 2.43. The van der Waals surface area contributed by atoms with E-state index in [1.807, 2.05) is 0 Å². The summed E-state index contributed by atoms with van der Waals surface area (Å²) in [5, 5.41) is 14.6. The van der Waals surface area contributed by atoms with Crippen molar-refractivity contribution in [3.63, 3.8) is 0 Å². The predicted molar refractivity (Wildman–Crippen MR) is 88.1 cm³/mol. The second kappa shape index (κ2) is 7.15. The summed E-state index contributed by atoms with van der Waals surface area (Å²) in [5.74, 6) is 0. The number of aliphatic hydroxyl groups is 1. The number of hydrogen-bond acceptors (Lipinski definition) is 3. The van der Waals surface area contributed by atoms with Crippen molar-refractivity contribution in [1.82, 2.24) is 5.32 Å². The van der Waals surface area contributed by atoms with E-state index in [-0.39, 0.29) is 12.0 Å². The first-order valence-electron chi connectivity index (χ1n) is 8.16. The van der Waals surface area contributed by atoms with Crippen LogP contribution in [-0.2, 0) is 22.9 Å². The largest absolute Gasteiger partial charge is 0.416 e. The first-order chi connectivity index (χ1) is 11.9. The Labute approximate surface area is 144 Å². The zero-order chi connectivity index (χ0) is 17.9. The predicted octanol–water partition coefficient (Wildman–Crippen LogP) is 3.12. The van der Waals surface area contributed by atoms with Gasteiger partial charge in [-0.3, -0.25) is 0 Å². The van der Waals surface area contributed by atoms with Gasteiger partial charge in [-0.1, -0.05) is 48.5 Å². The van der Waals surface area contributed by atoms with Crippen molar-refractivity contribution in [2.75, 3.05) is 19.7 Å². The lowest BCUT2D eigenvalue weighted by Gasteiger charge is -2.39. The molecule has 0 amide bonds. The summed E-state index contributed by atoms with van der Waals surface area (Å²) in [7, 11) is 0. The van der Waals surface area contributed by atoms with Crippen molar-refractivity contribution >= 4 is 0 Å². The third-order valence-corrected chi connectivity index (χ3v) is 4.52. The van der Waals surface area contributed by atoms with Crippen molar-refractivity contribution in [3.05, 3.63) is 71.3 Å². The molecule has 1 heterocycles. The summed E-state index contributed by atoms with van der Waals surface area (Å²) < 4.78 is 45.7. The van der Waals surface area contributed by atoms with Crippen molar-refractivity contribution in [3.8, 4) is 0 Å². The number of alkyl halides is 3. The van der Waals surface area contributed by atoms with Crippen molar-refractivity contribution < 1.29 is 23.0 Å². The molecule has 2 N–H and O–H groups in total. The summed E-state index contributed by atoms with van der Waals surface area (Å²) in [6.45, 7) is 1.43. The van der Waals surface area contributed by atoms with E-state index < -0.39 is 23.4 Å². The Morgan fingerprint density at radius 2 is 1.72 bits per heavy atom. The fourth-order valence-corrected chi connectivity index (χ4v) is 3.24. The fraction of sp³-hybridized carbons (Fsp3) is 0.368. The van der Waals surface area contributed by atoms with E-state index >= 15 is 0 Å². The summed E-state index contributed by atoms with van der Waals surface area (Å²) >= 11 is 0. The number of morpholine rings is 1. The molecule has 2 aromatic carbocycles. The average molecular weight is 351 g/mol. The number of ether oxygens (including phenoxy) is 1. The molecule has 0 aliphatic carbocycles. The Balaban J connectivity index is 2.02. The van der Waals surface area contributed by atoms with Crippen LogP contribution < -0.4 is 5.32 Å². The van der Waals surface area contributed by atoms with E-state index in [1.165, 1.54) is 12.1 Å². The van der Waals surface area contributed by atoms with Crippen LogP contribution in [0, 0.1) is 0 Å². The van der Waals surface area contributed by atoms with E-state index in [0.29, 0.717) is 25.3 Å². The maximum Gasteiger partial charge on any atom is 0.416 e. The smallest absolute Gasteiger partial charge is 0.382 e. The molecule has 2 aromatic rings. The number of halogens is 3. The van der Waals surface area contributed by atoms with Gasteiger partial charge in [-0.15, -0.1) is 0 Å². The van der Waals surface area contributed by atoms with Crippen LogP contribution in [0.25, 0.3) is 0 Å². The lowest BCUT2D eigenvalue weighted by molar-refractivity contribution is -0.141. The van der Waals surface area contributed by atoms with Gasteiger partial charge in [0.25, 0.3) is 0 Å². The topological polar surface area (TPSA) is 41.5 Å². The molecule has 1 aliphatic heterocycles. The van der Waals surface area contributed by atoms with E-state index in [1.54, 1.807) is 36.4 Å². The molecule has 25 heavy (non-hydrogen) atoms. The molecule has 0 radical (unpaired) electrons. The normalized spacial score (nSPS) is 20.9. The van der Waals surface area contributed by atoms with E-state index in [2.05, 4.69) is 5.32 Å². The van der Waals surface area contributed by atoms with Gasteiger partial charge in [0, 0.05) is 19.5 Å². The Morgan fingerprint density at radius 3 is 2.36 bits per heavy atom. The van der Waals surface area contributed by atoms with Gasteiger partial charge in [0.2, 0.25) is 0 Å². The van der Waals surface area contributed by atoms with Gasteiger partial charge < -0.3 is 15.2 Å². The minimum atomic E-state index is -4.47. The molecule has 0 bridgehead atoms. The number of nitrogens with one attached hydrogen (secondary N) is 1. The monoisotopic (exact) mass is 351 g/mol. The number of hydrogen-bond donors (Lipinski definition) is 2. The lowest BCUT2D eigenvalue weighted by Crippen LogP contribution is -2.52. The van der Waals surface area contributed by atoms with E-state index in [9.17, 15) is 18.3 Å². The SMILES string of the molecule is O[C@](Cc1ccccc1C(F)(F)F)(c1ccccc1)[C@H]1CNCCO1. The van der Waals surface area contributed by atoms with Crippen LogP contribution in [0.15, 0.2) is 54.6 Å². The summed E-state index contributed by atoms with van der Waals surface area (Å²) in [6, 6.07) is 14.1. The van der Waals surface area contributed by atoms with Gasteiger partial charge in [-0.2, -0.15) is 13.2 Å². The molecule has 0 aromatic heterocycles. The first kappa shape index (κ1) is 17.9. The van der Waals surface area contributed by atoms with Crippen molar-refractivity contribution in [2.24, 2.45) is 0 Å². The number of rotatable bonds is 4. The molecule has 2 atom stereocenters. The zero-order valence-electron chi connectivity index (χ0n) is 13.6. The van der Waals surface area contributed by atoms with Gasteiger partial charge in [0.15, 0.2) is 0 Å². The second-order valence-electron chi connectivity index (χ2n) is 6.19. The van der Waals surface area contributed by atoms with Crippen LogP contribution in [0.1, 0.15) is 16.7 Å². The van der Waals surface area contributed by atoms with E-state index in [0.717, 1.165) is 6.07 Å². The van der Waals surface area contributed by atoms with Crippen molar-refractivity contribution in [2.45, 2.75) is 24.3 Å². The maximum atomic E-state index is 13.3. The Bertz CT molecular complexity index is 699. The van der Waals surface area contributed by atoms with Crippen LogP contribution in [-0.4, -0.2) is 30.9 Å². The molecule has 0 unspecified atom stereocenters. The molecule has 1 aliphatic rings. The Hall–Kier alpha value is -1.89. The standard InChI is InChI=1S/C19H20F3NO2/c20-19(21,22)16-9-5-4-6-14(16)12-18(24,15-7-2-1-3-8-15)17-13-23-10-11-25-17/h1-9,17,23-24H,10-13H2/t17-,18-/m1/s1. The molecule has 0 spiro atoms. The highest BCUT2D eigenvalue weighted by atomic mass is 19.4. The minimum Gasteiger partial charge on any atom is -0.382 e. The Morgan fingerprint density at radius 1 is 1.04 bits per heavy atom. The van der Waals surface area contributed by atoms with Crippen LogP contribution >= 0.6 is 0 Å². The molecule has 3 nitrogen and oxygen atoms in total. The third-order valence-electron chi connectivity index (χ3n) is 4.52. The molecule has 0 saturated carbocycles. The van der Waals surface area contributed by atoms with Gasteiger partial charge in [-0.05, 0) is 17.2 Å². The van der Waals surface area contributed by atoms with Gasteiger partial charge in [0.1, 0.15) is 11.7 Å². The molecular formula is C19H20F3NO2. The molecule has 1 saturated heterocycles. The van der Waals surface area contributed by atoms with Crippen LogP contribution in [0.4, 0.5) is 13.2 Å². The van der Waals surface area contributed by atoms with Gasteiger partial charge in [-0.25, -0.2) is 0 Å². The molecule has 1 fully saturated rings. The van der Waals surface area contributed by atoms with Crippen LogP contribution in [0.5, 0.6) is 0 Å².